The maximum absolute atomic E-state index is 14.1. The topological polar surface area (TPSA) is 49.3 Å². The first-order chi connectivity index (χ1) is 16.5. The van der Waals surface area contributed by atoms with E-state index in [-0.39, 0.29) is 5.91 Å². The summed E-state index contributed by atoms with van der Waals surface area (Å²) in [4.78, 5) is 28.7. The Morgan fingerprint density at radius 3 is 2.62 bits per heavy atom. The summed E-state index contributed by atoms with van der Waals surface area (Å²) < 4.78 is 0.965. The van der Waals surface area contributed by atoms with Crippen molar-refractivity contribution in [3.05, 3.63) is 76.6 Å². The SMILES string of the molecule is CN(C)CCCN(C(=O)c1cc(-c2cccs2)nc2ccccc12)c1nc2ccc(Cl)cc2s1. The zero-order valence-corrected chi connectivity index (χ0v) is 21.3. The van der Waals surface area contributed by atoms with Crippen LogP contribution in [0.1, 0.15) is 16.8 Å². The van der Waals surface area contributed by atoms with Gasteiger partial charge in [-0.3, -0.25) is 9.69 Å². The van der Waals surface area contributed by atoms with Gasteiger partial charge in [0.2, 0.25) is 0 Å². The predicted octanol–water partition coefficient (Wildman–Crippen LogP) is 6.82. The molecule has 0 aliphatic heterocycles. The van der Waals surface area contributed by atoms with Crippen molar-refractivity contribution in [2.24, 2.45) is 0 Å². The van der Waals surface area contributed by atoms with E-state index < -0.39 is 0 Å². The van der Waals surface area contributed by atoms with Crippen molar-refractivity contribution in [3.8, 4) is 10.6 Å². The Morgan fingerprint density at radius 1 is 0.971 bits per heavy atom. The molecule has 0 saturated carbocycles. The van der Waals surface area contributed by atoms with Gasteiger partial charge in [0, 0.05) is 17.0 Å². The molecule has 0 fully saturated rings. The van der Waals surface area contributed by atoms with Gasteiger partial charge in [-0.25, -0.2) is 9.97 Å². The first kappa shape index (κ1) is 22.9. The normalized spacial score (nSPS) is 11.5. The van der Waals surface area contributed by atoms with Crippen molar-refractivity contribution in [2.45, 2.75) is 6.42 Å². The minimum Gasteiger partial charge on any atom is -0.309 e. The summed E-state index contributed by atoms with van der Waals surface area (Å²) >= 11 is 9.31. The van der Waals surface area contributed by atoms with E-state index in [1.54, 1.807) is 11.3 Å². The average Bonchev–Trinajstić information content (AvgIpc) is 3.50. The van der Waals surface area contributed by atoms with Crippen molar-refractivity contribution < 1.29 is 4.79 Å². The molecule has 8 heteroatoms. The number of halogens is 1. The number of thiophene rings is 1. The summed E-state index contributed by atoms with van der Waals surface area (Å²) in [6.45, 7) is 1.44. The predicted molar refractivity (Wildman–Crippen MR) is 145 cm³/mol. The van der Waals surface area contributed by atoms with Gasteiger partial charge in [0.25, 0.3) is 5.91 Å². The lowest BCUT2D eigenvalue weighted by atomic mass is 10.1. The lowest BCUT2D eigenvalue weighted by Crippen LogP contribution is -2.33. The molecule has 0 atom stereocenters. The van der Waals surface area contributed by atoms with Crippen LogP contribution in [0.3, 0.4) is 0 Å². The van der Waals surface area contributed by atoms with Gasteiger partial charge in [-0.1, -0.05) is 47.2 Å². The summed E-state index contributed by atoms with van der Waals surface area (Å²) in [5.41, 5.74) is 3.09. The molecule has 0 aliphatic rings. The molecule has 0 aliphatic carbocycles. The Bertz CT molecular complexity index is 1460. The number of anilines is 1. The van der Waals surface area contributed by atoms with Gasteiger partial charge in [-0.05, 0) is 68.8 Å². The zero-order valence-electron chi connectivity index (χ0n) is 18.9. The van der Waals surface area contributed by atoms with Crippen molar-refractivity contribution in [1.82, 2.24) is 14.9 Å². The number of fused-ring (bicyclic) bond motifs is 2. The fourth-order valence-electron chi connectivity index (χ4n) is 3.88. The summed E-state index contributed by atoms with van der Waals surface area (Å²) in [5.74, 6) is -0.0692. The number of rotatable bonds is 7. The van der Waals surface area contributed by atoms with Crippen LogP contribution in [0.2, 0.25) is 5.02 Å². The molecule has 1 amide bonds. The molecule has 2 aromatic carbocycles. The average molecular weight is 507 g/mol. The van der Waals surface area contributed by atoms with E-state index in [1.807, 2.05) is 85.0 Å². The number of para-hydroxylation sites is 1. The van der Waals surface area contributed by atoms with Gasteiger partial charge in [0.15, 0.2) is 5.13 Å². The van der Waals surface area contributed by atoms with Gasteiger partial charge in [-0.2, -0.15) is 0 Å². The molecule has 0 spiro atoms. The highest BCUT2D eigenvalue weighted by Gasteiger charge is 2.24. The fourth-order valence-corrected chi connectivity index (χ4v) is 5.83. The summed E-state index contributed by atoms with van der Waals surface area (Å²) in [6, 6.07) is 19.4. The molecule has 5 aromatic rings. The van der Waals surface area contributed by atoms with Crippen LogP contribution < -0.4 is 4.90 Å². The van der Waals surface area contributed by atoms with E-state index in [0.717, 1.165) is 44.7 Å². The molecule has 0 radical (unpaired) electrons. The van der Waals surface area contributed by atoms with Gasteiger partial charge >= 0.3 is 0 Å². The molecule has 0 bridgehead atoms. The molecule has 5 rings (SSSR count). The number of nitrogens with zero attached hydrogens (tertiary/aromatic N) is 4. The summed E-state index contributed by atoms with van der Waals surface area (Å²) in [7, 11) is 4.07. The lowest BCUT2D eigenvalue weighted by Gasteiger charge is -2.22. The Balaban J connectivity index is 1.61. The third-order valence-corrected chi connectivity index (χ3v) is 7.69. The number of thiazole rings is 1. The van der Waals surface area contributed by atoms with Crippen LogP contribution in [0.15, 0.2) is 66.0 Å². The number of hydrogen-bond donors (Lipinski definition) is 0. The number of carbonyl (C=O) groups excluding carboxylic acids is 1. The highest BCUT2D eigenvalue weighted by molar-refractivity contribution is 7.22. The van der Waals surface area contributed by atoms with Gasteiger partial charge in [0.05, 0.1) is 31.9 Å². The van der Waals surface area contributed by atoms with Gasteiger partial charge in [-0.15, -0.1) is 11.3 Å². The number of hydrogen-bond acceptors (Lipinski definition) is 6. The van der Waals surface area contributed by atoms with Crippen LogP contribution in [0.4, 0.5) is 5.13 Å². The molecule has 3 aromatic heterocycles. The molecule has 5 nitrogen and oxygen atoms in total. The smallest absolute Gasteiger partial charge is 0.260 e. The van der Waals surface area contributed by atoms with Crippen LogP contribution in [-0.2, 0) is 0 Å². The van der Waals surface area contributed by atoms with Crippen molar-refractivity contribution in [1.29, 1.82) is 0 Å². The van der Waals surface area contributed by atoms with E-state index in [9.17, 15) is 4.79 Å². The fraction of sp³-hybridized carbons (Fsp3) is 0.192. The monoisotopic (exact) mass is 506 g/mol. The molecular weight excluding hydrogens is 484 g/mol. The second-order valence-corrected chi connectivity index (χ2v) is 10.7. The third kappa shape index (κ3) is 4.70. The van der Waals surface area contributed by atoms with Crippen molar-refractivity contribution >= 4 is 66.4 Å². The second kappa shape index (κ2) is 9.80. The van der Waals surface area contributed by atoms with E-state index in [4.69, 9.17) is 21.6 Å². The molecule has 172 valence electrons. The molecule has 0 N–H and O–H groups in total. The highest BCUT2D eigenvalue weighted by atomic mass is 35.5. The zero-order chi connectivity index (χ0) is 23.7. The van der Waals surface area contributed by atoms with Crippen LogP contribution in [-0.4, -0.2) is 48.0 Å². The molecule has 0 saturated heterocycles. The number of amides is 1. The quantitative estimate of drug-likeness (QED) is 0.243. The Kier molecular flexibility index (Phi) is 6.61. The first-order valence-electron chi connectivity index (χ1n) is 11.0. The van der Waals surface area contributed by atoms with Crippen molar-refractivity contribution in [3.63, 3.8) is 0 Å². The second-order valence-electron chi connectivity index (χ2n) is 8.27. The Hall–Kier alpha value is -2.84. The van der Waals surface area contributed by atoms with Gasteiger partial charge in [0.1, 0.15) is 0 Å². The molecule has 0 unspecified atom stereocenters. The Labute approximate surface area is 211 Å². The van der Waals surface area contributed by atoms with E-state index in [2.05, 4.69) is 4.90 Å². The highest BCUT2D eigenvalue weighted by Crippen LogP contribution is 2.34. The molecule has 3 heterocycles. The number of carbonyl (C=O) groups is 1. The number of benzene rings is 2. The van der Waals surface area contributed by atoms with E-state index in [0.29, 0.717) is 22.3 Å². The van der Waals surface area contributed by atoms with E-state index in [1.165, 1.54) is 11.3 Å². The molecular formula is C26H23ClN4OS2. The third-order valence-electron chi connectivity index (χ3n) is 5.52. The standard InChI is InChI=1S/C26H23ClN4OS2/c1-30(2)12-6-13-31(26-29-21-11-10-17(27)15-24(21)34-26)25(32)19-16-22(23-9-5-14-33-23)28-20-8-4-3-7-18(19)20/h3-5,7-11,14-16H,6,12-13H2,1-2H3. The number of aromatic nitrogens is 2. The van der Waals surface area contributed by atoms with Gasteiger partial charge < -0.3 is 4.90 Å². The van der Waals surface area contributed by atoms with Crippen LogP contribution in [0.5, 0.6) is 0 Å². The maximum Gasteiger partial charge on any atom is 0.260 e. The minimum absolute atomic E-state index is 0.0692. The summed E-state index contributed by atoms with van der Waals surface area (Å²) in [6.07, 6.45) is 0.830. The first-order valence-corrected chi connectivity index (χ1v) is 13.0. The molecule has 34 heavy (non-hydrogen) atoms. The van der Waals surface area contributed by atoms with Crippen molar-refractivity contribution in [2.75, 3.05) is 32.1 Å². The van der Waals surface area contributed by atoms with Crippen LogP contribution in [0.25, 0.3) is 31.7 Å². The number of pyridine rings is 1. The lowest BCUT2D eigenvalue weighted by molar-refractivity contribution is 0.0987. The van der Waals surface area contributed by atoms with Crippen LogP contribution >= 0.6 is 34.3 Å². The largest absolute Gasteiger partial charge is 0.309 e. The van der Waals surface area contributed by atoms with Crippen LogP contribution in [0, 0.1) is 0 Å². The summed E-state index contributed by atoms with van der Waals surface area (Å²) in [5, 5.41) is 4.20. The Morgan fingerprint density at radius 2 is 1.82 bits per heavy atom. The van der Waals surface area contributed by atoms with E-state index >= 15 is 0 Å². The maximum atomic E-state index is 14.1. The minimum atomic E-state index is -0.0692.